The fraction of sp³-hybridized carbons (Fsp3) is 0.300. The van der Waals surface area contributed by atoms with Gasteiger partial charge in [-0.2, -0.15) is 4.31 Å². The van der Waals surface area contributed by atoms with Crippen LogP contribution in [0.1, 0.15) is 6.42 Å². The van der Waals surface area contributed by atoms with E-state index < -0.39 is 33.9 Å². The molecule has 1 unspecified atom stereocenters. The van der Waals surface area contributed by atoms with Crippen LogP contribution in [0.25, 0.3) is 0 Å². The highest BCUT2D eigenvalue weighted by Crippen LogP contribution is 2.27. The molecule has 3 rings (SSSR count). The van der Waals surface area contributed by atoms with Crippen molar-refractivity contribution in [2.45, 2.75) is 17.5 Å². The first-order valence-corrected chi connectivity index (χ1v) is 12.1. The molecule has 1 atom stereocenters. The molecule has 1 saturated heterocycles. The predicted octanol–water partition coefficient (Wildman–Crippen LogP) is 2.46. The third-order valence-corrected chi connectivity index (χ3v) is 7.48. The summed E-state index contributed by atoms with van der Waals surface area (Å²) in [5.74, 6) is -1.32. The van der Waals surface area contributed by atoms with Crippen molar-refractivity contribution in [2.75, 3.05) is 31.5 Å². The number of carbonyl (C=O) groups excluding carboxylic acids is 2. The monoisotopic (exact) mass is 517 g/mol. The second kappa shape index (κ2) is 10.7. The van der Waals surface area contributed by atoms with Crippen LogP contribution >= 0.6 is 23.2 Å². The lowest BCUT2D eigenvalue weighted by molar-refractivity contribution is -0.130. The summed E-state index contributed by atoms with van der Waals surface area (Å²) in [6.07, 6.45) is -1.21. The van der Waals surface area contributed by atoms with Crippen molar-refractivity contribution in [1.82, 2.24) is 14.5 Å². The van der Waals surface area contributed by atoms with Crippen molar-refractivity contribution in [1.29, 1.82) is 0 Å². The van der Waals surface area contributed by atoms with Gasteiger partial charge in [-0.1, -0.05) is 23.2 Å². The Kier molecular flexibility index (Phi) is 8.14. The summed E-state index contributed by atoms with van der Waals surface area (Å²) in [6.45, 7) is 0.306. The molecular formula is C20H22Cl2FN5O4S. The molecule has 9 nitrogen and oxygen atoms in total. The minimum absolute atomic E-state index is 0.0169. The molecule has 1 fully saturated rings. The fourth-order valence-electron chi connectivity index (χ4n) is 3.33. The maximum Gasteiger partial charge on any atom is 0.323 e. The van der Waals surface area contributed by atoms with E-state index in [2.05, 4.69) is 10.6 Å². The molecule has 2 aromatic carbocycles. The van der Waals surface area contributed by atoms with Crippen LogP contribution in [0, 0.1) is 5.82 Å². The first-order chi connectivity index (χ1) is 15.6. The van der Waals surface area contributed by atoms with Gasteiger partial charge < -0.3 is 16.4 Å². The van der Waals surface area contributed by atoms with Gasteiger partial charge in [0.25, 0.3) is 5.91 Å². The number of hydrogen-bond donors (Lipinski definition) is 3. The molecule has 178 valence electrons. The lowest BCUT2D eigenvalue weighted by atomic mass is 10.2. The Morgan fingerprint density at radius 1 is 1.09 bits per heavy atom. The van der Waals surface area contributed by atoms with Crippen molar-refractivity contribution in [3.05, 3.63) is 58.3 Å². The topological polar surface area (TPSA) is 125 Å². The third kappa shape index (κ3) is 5.74. The molecule has 0 aliphatic carbocycles. The average molecular weight is 518 g/mol. The standard InChI is InChI=1S/C20H22Cl2FN5O4S/c21-16-7-4-14(12-17(16)22)26-20(30)27-10-1-11-28(19(27)18(29)25-9-8-24)33(31,32)15-5-2-13(23)3-6-15/h2-7,12,19H,1,8-11,24H2,(H,25,29)(H,26,30). The van der Waals surface area contributed by atoms with Gasteiger partial charge in [0.05, 0.1) is 14.9 Å². The van der Waals surface area contributed by atoms with Gasteiger partial charge in [0, 0.05) is 31.9 Å². The first kappa shape index (κ1) is 25.2. The number of nitrogens with one attached hydrogen (secondary N) is 2. The van der Waals surface area contributed by atoms with E-state index in [0.717, 1.165) is 33.5 Å². The summed E-state index contributed by atoms with van der Waals surface area (Å²) in [5, 5.41) is 5.66. The molecule has 4 N–H and O–H groups in total. The van der Waals surface area contributed by atoms with E-state index in [0.29, 0.717) is 10.7 Å². The number of amides is 3. The zero-order valence-corrected chi connectivity index (χ0v) is 19.6. The van der Waals surface area contributed by atoms with Gasteiger partial charge in [-0.25, -0.2) is 17.6 Å². The summed E-state index contributed by atoms with van der Waals surface area (Å²) in [7, 11) is -4.24. The second-order valence-electron chi connectivity index (χ2n) is 7.13. The number of anilines is 1. The number of urea groups is 1. The predicted molar refractivity (Wildman–Crippen MR) is 123 cm³/mol. The molecule has 0 aromatic heterocycles. The van der Waals surface area contributed by atoms with E-state index in [9.17, 15) is 22.4 Å². The van der Waals surface area contributed by atoms with Crippen LogP contribution in [0.3, 0.4) is 0 Å². The summed E-state index contributed by atoms with van der Waals surface area (Å²) in [5.41, 5.74) is 5.77. The first-order valence-electron chi connectivity index (χ1n) is 9.93. The summed E-state index contributed by atoms with van der Waals surface area (Å²) >= 11 is 11.9. The van der Waals surface area contributed by atoms with Crippen molar-refractivity contribution < 1.29 is 22.4 Å². The number of rotatable bonds is 6. The van der Waals surface area contributed by atoms with Gasteiger partial charge in [0.2, 0.25) is 10.0 Å². The van der Waals surface area contributed by atoms with Crippen LogP contribution in [0.2, 0.25) is 10.0 Å². The Morgan fingerprint density at radius 2 is 1.79 bits per heavy atom. The Hall–Kier alpha value is -2.44. The van der Waals surface area contributed by atoms with Crippen LogP contribution < -0.4 is 16.4 Å². The fourth-order valence-corrected chi connectivity index (χ4v) is 5.22. The normalized spacial score (nSPS) is 17.0. The number of benzene rings is 2. The van der Waals surface area contributed by atoms with Gasteiger partial charge in [0.1, 0.15) is 5.82 Å². The quantitative estimate of drug-likeness (QED) is 0.542. The Bertz CT molecular complexity index is 1130. The van der Waals surface area contributed by atoms with E-state index in [1.807, 2.05) is 0 Å². The number of halogens is 3. The largest absolute Gasteiger partial charge is 0.352 e. The van der Waals surface area contributed by atoms with E-state index in [4.69, 9.17) is 28.9 Å². The molecule has 1 heterocycles. The highest BCUT2D eigenvalue weighted by molar-refractivity contribution is 7.89. The molecule has 0 radical (unpaired) electrons. The molecule has 33 heavy (non-hydrogen) atoms. The zero-order valence-electron chi connectivity index (χ0n) is 17.3. The summed E-state index contributed by atoms with van der Waals surface area (Å²) < 4.78 is 40.9. The van der Waals surface area contributed by atoms with Gasteiger partial charge in [-0.05, 0) is 48.9 Å². The molecule has 0 saturated carbocycles. The number of nitrogens with zero attached hydrogens (tertiary/aromatic N) is 2. The number of nitrogens with two attached hydrogens (primary N) is 1. The Morgan fingerprint density at radius 3 is 2.42 bits per heavy atom. The molecule has 1 aliphatic rings. The maximum absolute atomic E-state index is 13.3. The molecular weight excluding hydrogens is 496 g/mol. The van der Waals surface area contributed by atoms with Gasteiger partial charge in [-0.15, -0.1) is 0 Å². The second-order valence-corrected chi connectivity index (χ2v) is 9.83. The average Bonchev–Trinajstić information content (AvgIpc) is 2.79. The molecule has 1 aliphatic heterocycles. The Labute approximate surface area is 200 Å². The van der Waals surface area contributed by atoms with Gasteiger partial charge >= 0.3 is 6.03 Å². The van der Waals surface area contributed by atoms with E-state index in [1.54, 1.807) is 0 Å². The lowest BCUT2D eigenvalue weighted by Gasteiger charge is -2.41. The van der Waals surface area contributed by atoms with Crippen molar-refractivity contribution >= 4 is 50.9 Å². The zero-order chi connectivity index (χ0) is 24.2. The van der Waals surface area contributed by atoms with Crippen LogP contribution in [0.5, 0.6) is 0 Å². The molecule has 3 amide bonds. The van der Waals surface area contributed by atoms with Crippen LogP contribution in [-0.2, 0) is 14.8 Å². The number of carbonyl (C=O) groups is 2. The van der Waals surface area contributed by atoms with Crippen LogP contribution in [-0.4, -0.2) is 61.9 Å². The van der Waals surface area contributed by atoms with Crippen molar-refractivity contribution in [3.63, 3.8) is 0 Å². The number of hydrogen-bond acceptors (Lipinski definition) is 5. The van der Waals surface area contributed by atoms with E-state index in [1.165, 1.54) is 18.2 Å². The minimum Gasteiger partial charge on any atom is -0.352 e. The molecule has 2 aromatic rings. The SMILES string of the molecule is NCCNC(=O)C1N(C(=O)Nc2ccc(Cl)c(Cl)c2)CCCN1S(=O)(=O)c1ccc(F)cc1. The highest BCUT2D eigenvalue weighted by Gasteiger charge is 2.44. The molecule has 0 bridgehead atoms. The smallest absolute Gasteiger partial charge is 0.323 e. The number of sulfonamides is 1. The summed E-state index contributed by atoms with van der Waals surface area (Å²) in [6, 6.07) is 7.97. The summed E-state index contributed by atoms with van der Waals surface area (Å²) in [4.78, 5) is 27.0. The van der Waals surface area contributed by atoms with Crippen molar-refractivity contribution in [3.8, 4) is 0 Å². The van der Waals surface area contributed by atoms with Crippen molar-refractivity contribution in [2.24, 2.45) is 5.73 Å². The molecule has 0 spiro atoms. The van der Waals surface area contributed by atoms with Gasteiger partial charge in [0.15, 0.2) is 6.17 Å². The van der Waals surface area contributed by atoms with Gasteiger partial charge in [-0.3, -0.25) is 9.69 Å². The Balaban J connectivity index is 1.94. The molecule has 13 heteroatoms. The van der Waals surface area contributed by atoms with E-state index >= 15 is 0 Å². The highest BCUT2D eigenvalue weighted by atomic mass is 35.5. The van der Waals surface area contributed by atoms with E-state index in [-0.39, 0.29) is 42.5 Å². The lowest BCUT2D eigenvalue weighted by Crippen LogP contribution is -2.64. The van der Waals surface area contributed by atoms with Crippen LogP contribution in [0.4, 0.5) is 14.9 Å². The maximum atomic E-state index is 13.3. The minimum atomic E-state index is -4.24. The third-order valence-electron chi connectivity index (χ3n) is 4.88. The van der Waals surface area contributed by atoms with Crippen LogP contribution in [0.15, 0.2) is 47.4 Å².